The van der Waals surface area contributed by atoms with Crippen LogP contribution in [0.2, 0.25) is 0 Å². The molecule has 1 aromatic carbocycles. The van der Waals surface area contributed by atoms with Gasteiger partial charge in [-0.2, -0.15) is 0 Å². The van der Waals surface area contributed by atoms with Crippen LogP contribution in [0, 0.1) is 0 Å². The molecule has 136 valence electrons. The molecule has 0 aliphatic carbocycles. The van der Waals surface area contributed by atoms with Crippen LogP contribution in [0.1, 0.15) is 26.1 Å². The van der Waals surface area contributed by atoms with Gasteiger partial charge in [0.25, 0.3) is 0 Å². The summed E-state index contributed by atoms with van der Waals surface area (Å²) in [7, 11) is 0. The van der Waals surface area contributed by atoms with Gasteiger partial charge in [0, 0.05) is 12.1 Å². The first-order valence-corrected chi connectivity index (χ1v) is 8.39. The molecule has 0 aliphatic heterocycles. The molecular weight excluding hydrogens is 357 g/mol. The van der Waals surface area contributed by atoms with E-state index < -0.39 is 11.6 Å². The van der Waals surface area contributed by atoms with Crippen LogP contribution >= 0.6 is 11.8 Å². The van der Waals surface area contributed by atoms with Crippen LogP contribution in [0.5, 0.6) is 5.75 Å². The van der Waals surface area contributed by atoms with Gasteiger partial charge in [-0.15, -0.1) is 18.3 Å². The van der Waals surface area contributed by atoms with Crippen LogP contribution in [0.15, 0.2) is 29.4 Å². The number of alkyl halides is 3. The second-order valence-electron chi connectivity index (χ2n) is 5.14. The zero-order valence-corrected chi connectivity index (χ0v) is 14.4. The predicted molar refractivity (Wildman–Crippen MR) is 87.5 cm³/mol. The van der Waals surface area contributed by atoms with Crippen LogP contribution in [-0.4, -0.2) is 32.7 Å². The van der Waals surface area contributed by atoms with E-state index in [0.717, 1.165) is 30.8 Å². The molecule has 0 saturated heterocycles. The third-order valence-electron chi connectivity index (χ3n) is 3.00. The van der Waals surface area contributed by atoms with Gasteiger partial charge in [0.1, 0.15) is 11.6 Å². The standard InChI is InChI=1S/C15H17F3N4O2S/c1-3-4-12-20-14(22-21-12)25-9(2)13(23)19-10-5-7-11(8-6-10)24-15(16,17)18/h5-9H,3-4H2,1-2H3,(H,19,23)(H,20,21,22). The van der Waals surface area contributed by atoms with E-state index in [1.807, 2.05) is 6.92 Å². The molecule has 0 bridgehead atoms. The highest BCUT2D eigenvalue weighted by Crippen LogP contribution is 2.25. The molecule has 10 heteroatoms. The fraction of sp³-hybridized carbons (Fsp3) is 0.400. The molecule has 1 aromatic heterocycles. The Morgan fingerprint density at radius 1 is 1.36 bits per heavy atom. The van der Waals surface area contributed by atoms with E-state index in [9.17, 15) is 18.0 Å². The lowest BCUT2D eigenvalue weighted by atomic mass is 10.3. The van der Waals surface area contributed by atoms with Crippen molar-refractivity contribution in [1.82, 2.24) is 15.2 Å². The smallest absolute Gasteiger partial charge is 0.406 e. The molecule has 1 unspecified atom stereocenters. The molecule has 2 aromatic rings. The summed E-state index contributed by atoms with van der Waals surface area (Å²) in [6.45, 7) is 3.72. The lowest BCUT2D eigenvalue weighted by Gasteiger charge is -2.12. The molecule has 1 amide bonds. The topological polar surface area (TPSA) is 79.9 Å². The van der Waals surface area contributed by atoms with Crippen molar-refractivity contribution in [2.75, 3.05) is 5.32 Å². The molecule has 2 N–H and O–H groups in total. The van der Waals surface area contributed by atoms with Crippen LogP contribution in [0.4, 0.5) is 18.9 Å². The summed E-state index contributed by atoms with van der Waals surface area (Å²) >= 11 is 1.19. The Labute approximate surface area is 146 Å². The number of carbonyl (C=O) groups excluding carboxylic acids is 1. The predicted octanol–water partition coefficient (Wildman–Crippen LogP) is 3.78. The number of nitrogens with zero attached hydrogens (tertiary/aromatic N) is 2. The van der Waals surface area contributed by atoms with Crippen molar-refractivity contribution >= 4 is 23.4 Å². The average molecular weight is 374 g/mol. The highest BCUT2D eigenvalue weighted by Gasteiger charge is 2.31. The van der Waals surface area contributed by atoms with Gasteiger partial charge in [0.05, 0.1) is 5.25 Å². The van der Waals surface area contributed by atoms with Crippen molar-refractivity contribution in [2.24, 2.45) is 0 Å². The minimum Gasteiger partial charge on any atom is -0.406 e. The van der Waals surface area contributed by atoms with E-state index in [4.69, 9.17) is 0 Å². The molecule has 0 spiro atoms. The fourth-order valence-corrected chi connectivity index (χ4v) is 2.62. The minimum absolute atomic E-state index is 0.309. The number of hydrogen-bond acceptors (Lipinski definition) is 5. The third-order valence-corrected chi connectivity index (χ3v) is 3.97. The molecule has 2 rings (SSSR count). The number of rotatable bonds is 7. The van der Waals surface area contributed by atoms with Crippen LogP contribution in [0.3, 0.4) is 0 Å². The van der Waals surface area contributed by atoms with Gasteiger partial charge >= 0.3 is 6.36 Å². The Morgan fingerprint density at radius 2 is 2.04 bits per heavy atom. The minimum atomic E-state index is -4.75. The molecule has 25 heavy (non-hydrogen) atoms. The van der Waals surface area contributed by atoms with Gasteiger partial charge in [-0.25, -0.2) is 4.98 Å². The van der Waals surface area contributed by atoms with Gasteiger partial charge in [-0.1, -0.05) is 18.7 Å². The number of amides is 1. The maximum atomic E-state index is 12.2. The number of benzene rings is 1. The highest BCUT2D eigenvalue weighted by atomic mass is 32.2. The van der Waals surface area contributed by atoms with Crippen molar-refractivity contribution in [1.29, 1.82) is 0 Å². The van der Waals surface area contributed by atoms with Crippen molar-refractivity contribution in [3.63, 3.8) is 0 Å². The van der Waals surface area contributed by atoms with Crippen molar-refractivity contribution in [3.05, 3.63) is 30.1 Å². The molecule has 0 fully saturated rings. The quantitative estimate of drug-likeness (QED) is 0.721. The Morgan fingerprint density at radius 3 is 2.64 bits per heavy atom. The number of nitrogens with one attached hydrogen (secondary N) is 2. The van der Waals surface area contributed by atoms with Crippen LogP contribution in [0.25, 0.3) is 0 Å². The third kappa shape index (κ3) is 6.29. The number of halogens is 3. The van der Waals surface area contributed by atoms with Gasteiger partial charge in [0.2, 0.25) is 11.1 Å². The Bertz CT molecular complexity index is 704. The molecular formula is C15H17F3N4O2S. The summed E-state index contributed by atoms with van der Waals surface area (Å²) in [5.41, 5.74) is 0.369. The molecule has 1 atom stereocenters. The summed E-state index contributed by atoms with van der Waals surface area (Å²) in [5.74, 6) is 0.103. The largest absolute Gasteiger partial charge is 0.573 e. The zero-order chi connectivity index (χ0) is 18.4. The van der Waals surface area contributed by atoms with E-state index in [2.05, 4.69) is 25.2 Å². The molecule has 0 saturated carbocycles. The van der Waals surface area contributed by atoms with E-state index in [1.165, 1.54) is 23.9 Å². The van der Waals surface area contributed by atoms with Gasteiger partial charge in [0.15, 0.2) is 0 Å². The molecule has 1 heterocycles. The zero-order valence-electron chi connectivity index (χ0n) is 13.6. The Balaban J connectivity index is 1.89. The fourth-order valence-electron chi connectivity index (χ4n) is 1.87. The summed E-state index contributed by atoms with van der Waals surface area (Å²) in [5, 5.41) is 9.46. The summed E-state index contributed by atoms with van der Waals surface area (Å²) < 4.78 is 40.1. The van der Waals surface area contributed by atoms with E-state index in [0.29, 0.717) is 10.8 Å². The van der Waals surface area contributed by atoms with Gasteiger partial charge in [-0.3, -0.25) is 9.89 Å². The van der Waals surface area contributed by atoms with Crippen molar-refractivity contribution in [2.45, 2.75) is 43.5 Å². The molecule has 0 aliphatic rings. The number of thioether (sulfide) groups is 1. The first-order chi connectivity index (χ1) is 11.8. The Hall–Kier alpha value is -2.23. The lowest BCUT2D eigenvalue weighted by molar-refractivity contribution is -0.274. The van der Waals surface area contributed by atoms with Gasteiger partial charge in [-0.05, 0) is 37.6 Å². The summed E-state index contributed by atoms with van der Waals surface area (Å²) in [6.07, 6.45) is -3.03. The number of hydrogen-bond donors (Lipinski definition) is 2. The van der Waals surface area contributed by atoms with Gasteiger partial charge < -0.3 is 10.1 Å². The monoisotopic (exact) mass is 374 g/mol. The first-order valence-electron chi connectivity index (χ1n) is 7.51. The number of carbonyl (C=O) groups is 1. The number of aromatic amines is 1. The number of aromatic nitrogens is 3. The number of anilines is 1. The number of ether oxygens (including phenoxy) is 1. The first kappa shape index (κ1) is 19.1. The lowest BCUT2D eigenvalue weighted by Crippen LogP contribution is -2.22. The normalized spacial score (nSPS) is 12.7. The molecule has 6 nitrogen and oxygen atoms in total. The summed E-state index contributed by atoms with van der Waals surface area (Å²) in [4.78, 5) is 16.4. The SMILES string of the molecule is CCCc1nc(SC(C)C(=O)Nc2ccc(OC(F)(F)F)cc2)n[nH]1. The highest BCUT2D eigenvalue weighted by molar-refractivity contribution is 8.00. The van der Waals surface area contributed by atoms with Crippen molar-refractivity contribution in [3.8, 4) is 5.75 Å². The van der Waals surface area contributed by atoms with Crippen molar-refractivity contribution < 1.29 is 22.7 Å². The maximum absolute atomic E-state index is 12.2. The maximum Gasteiger partial charge on any atom is 0.573 e. The van der Waals surface area contributed by atoms with E-state index in [-0.39, 0.29) is 11.7 Å². The second kappa shape index (κ2) is 8.24. The van der Waals surface area contributed by atoms with Crippen LogP contribution in [-0.2, 0) is 11.2 Å². The van der Waals surface area contributed by atoms with E-state index >= 15 is 0 Å². The number of aryl methyl sites for hydroxylation is 1. The average Bonchev–Trinajstić information content (AvgIpc) is 2.95. The number of H-pyrrole nitrogens is 1. The Kier molecular flexibility index (Phi) is 6.29. The molecule has 0 radical (unpaired) electrons. The summed E-state index contributed by atoms with van der Waals surface area (Å²) in [6, 6.07) is 4.94. The van der Waals surface area contributed by atoms with Crippen LogP contribution < -0.4 is 10.1 Å². The van der Waals surface area contributed by atoms with E-state index in [1.54, 1.807) is 6.92 Å². The second-order valence-corrected chi connectivity index (χ2v) is 6.44.